The monoisotopic (exact) mass is 790 g/mol. The van der Waals surface area contributed by atoms with Gasteiger partial charge < -0.3 is 29.6 Å². The summed E-state index contributed by atoms with van der Waals surface area (Å²) in [6.07, 6.45) is 12.1. The fourth-order valence-electron chi connectivity index (χ4n) is 6.42. The molecule has 0 unspecified atom stereocenters. The van der Waals surface area contributed by atoms with Gasteiger partial charge in [0.1, 0.15) is 24.2 Å². The first kappa shape index (κ1) is 37.2. The Bertz CT molecular complexity index is 2100. The average molecular weight is 792 g/mol. The minimum absolute atomic E-state index is 0.144. The van der Waals surface area contributed by atoms with E-state index >= 15 is 0 Å². The van der Waals surface area contributed by atoms with Gasteiger partial charge in [0.2, 0.25) is 5.95 Å². The zero-order valence-corrected chi connectivity index (χ0v) is 32.6. The van der Waals surface area contributed by atoms with Gasteiger partial charge in [-0.15, -0.1) is 0 Å². The molecular formula is C36H44BrN10O4P. The number of piperazine rings is 1. The molecule has 0 amide bonds. The summed E-state index contributed by atoms with van der Waals surface area (Å²) in [5.41, 5.74) is 5.62. The van der Waals surface area contributed by atoms with Gasteiger partial charge in [0, 0.05) is 87.3 Å². The van der Waals surface area contributed by atoms with Crippen molar-refractivity contribution in [2.75, 3.05) is 75.8 Å². The number of fused-ring (bicyclic) bond motifs is 1. The van der Waals surface area contributed by atoms with Crippen molar-refractivity contribution in [3.05, 3.63) is 59.7 Å². The fourth-order valence-corrected chi connectivity index (χ4v) is 8.10. The minimum Gasteiger partial charge on any atom is -0.494 e. The zero-order valence-electron chi connectivity index (χ0n) is 30.1. The summed E-state index contributed by atoms with van der Waals surface area (Å²) in [7, 11) is 2.21. The Hall–Kier alpha value is -4.59. The van der Waals surface area contributed by atoms with Gasteiger partial charge in [-0.3, -0.25) is 24.3 Å². The number of rotatable bonds is 14. The van der Waals surface area contributed by atoms with Gasteiger partial charge in [-0.05, 0) is 66.8 Å². The number of nitrogens with one attached hydrogen (secondary N) is 2. The summed E-state index contributed by atoms with van der Waals surface area (Å²) >= 11 is 3.59. The molecule has 0 radical (unpaired) electrons. The van der Waals surface area contributed by atoms with Crippen molar-refractivity contribution in [3.8, 4) is 16.9 Å². The Morgan fingerprint density at radius 3 is 2.46 bits per heavy atom. The first-order valence-corrected chi connectivity index (χ1v) is 20.5. The molecule has 3 aromatic heterocycles. The lowest BCUT2D eigenvalue weighted by Crippen LogP contribution is -2.46. The van der Waals surface area contributed by atoms with E-state index in [1.165, 1.54) is 7.11 Å². The number of methoxy groups -OCH3 is 2. The topological polar surface area (TPSA) is 153 Å². The molecular weight excluding hydrogens is 747 g/mol. The normalized spacial score (nSPS) is 13.7. The number of ether oxygens (including phenoxy) is 2. The first-order chi connectivity index (χ1) is 25.0. The zero-order chi connectivity index (χ0) is 36.8. The second-order valence-electron chi connectivity index (χ2n) is 13.1. The smallest absolute Gasteiger partial charge is 0.305 e. The van der Waals surface area contributed by atoms with Gasteiger partial charge in [0.05, 0.1) is 47.1 Å². The van der Waals surface area contributed by atoms with E-state index in [9.17, 15) is 9.36 Å². The van der Waals surface area contributed by atoms with Crippen LogP contribution < -0.4 is 25.6 Å². The van der Waals surface area contributed by atoms with E-state index in [1.54, 1.807) is 43.7 Å². The van der Waals surface area contributed by atoms with Crippen LogP contribution in [-0.2, 0) is 21.1 Å². The number of hydrogen-bond acceptors (Lipinski definition) is 13. The third kappa shape index (κ3) is 8.71. The van der Waals surface area contributed by atoms with Gasteiger partial charge in [-0.2, -0.15) is 10.1 Å². The molecule has 1 aliphatic rings. The van der Waals surface area contributed by atoms with Crippen LogP contribution in [0.2, 0.25) is 0 Å². The van der Waals surface area contributed by atoms with Crippen molar-refractivity contribution in [1.82, 2.24) is 34.6 Å². The molecule has 0 spiro atoms. The highest BCUT2D eigenvalue weighted by Gasteiger charge is 2.25. The van der Waals surface area contributed by atoms with Gasteiger partial charge in [-0.1, -0.05) is 6.42 Å². The molecule has 5 aromatic rings. The van der Waals surface area contributed by atoms with Crippen LogP contribution >= 0.6 is 23.1 Å². The Morgan fingerprint density at radius 1 is 0.962 bits per heavy atom. The van der Waals surface area contributed by atoms with E-state index in [-0.39, 0.29) is 5.97 Å². The van der Waals surface area contributed by atoms with Crippen LogP contribution in [0.15, 0.2) is 59.7 Å². The number of halogens is 1. The highest BCUT2D eigenvalue weighted by Crippen LogP contribution is 2.43. The summed E-state index contributed by atoms with van der Waals surface area (Å²) in [6.45, 7) is 8.04. The van der Waals surface area contributed by atoms with Crippen molar-refractivity contribution in [2.24, 2.45) is 7.05 Å². The Kier molecular flexibility index (Phi) is 11.7. The SMILES string of the molecule is COC(=O)CCCCCN1CCN(c2cc(OC)c(Nc3ncc(Br)c(Nc4ccc5nccnc5c4P(C)(C)=O)n3)cc2-c2cnn(C)c2)CC1. The average Bonchev–Trinajstić information content (AvgIpc) is 3.58. The summed E-state index contributed by atoms with van der Waals surface area (Å²) in [5.74, 6) is 1.33. The van der Waals surface area contributed by atoms with Crippen molar-refractivity contribution < 1.29 is 18.8 Å². The molecule has 1 fully saturated rings. The fraction of sp³-hybridized carbons (Fsp3) is 0.389. The number of aryl methyl sites for hydroxylation is 1. The summed E-state index contributed by atoms with van der Waals surface area (Å²) < 4.78 is 26.6. The van der Waals surface area contributed by atoms with Crippen LogP contribution in [0.5, 0.6) is 5.75 Å². The van der Waals surface area contributed by atoms with E-state index in [4.69, 9.17) is 14.5 Å². The molecule has 1 aliphatic heterocycles. The third-order valence-electron chi connectivity index (χ3n) is 9.03. The van der Waals surface area contributed by atoms with Crippen LogP contribution in [-0.4, -0.2) is 101 Å². The van der Waals surface area contributed by atoms with Crippen molar-refractivity contribution in [2.45, 2.75) is 25.7 Å². The summed E-state index contributed by atoms with van der Waals surface area (Å²) in [4.78, 5) is 34.5. The molecule has 0 atom stereocenters. The van der Waals surface area contributed by atoms with Gasteiger partial charge in [-0.25, -0.2) is 4.98 Å². The molecule has 6 rings (SSSR count). The predicted molar refractivity (Wildman–Crippen MR) is 209 cm³/mol. The number of benzene rings is 2. The number of esters is 1. The number of unbranched alkanes of at least 4 members (excludes halogenated alkanes) is 2. The van der Waals surface area contributed by atoms with Crippen LogP contribution in [0, 0.1) is 0 Å². The van der Waals surface area contributed by atoms with Gasteiger partial charge >= 0.3 is 5.97 Å². The lowest BCUT2D eigenvalue weighted by atomic mass is 10.0. The van der Waals surface area contributed by atoms with Crippen LogP contribution in [0.25, 0.3) is 22.2 Å². The van der Waals surface area contributed by atoms with Crippen LogP contribution in [0.3, 0.4) is 0 Å². The third-order valence-corrected chi connectivity index (χ3v) is 11.1. The quantitative estimate of drug-likeness (QED) is 0.0749. The molecule has 0 bridgehead atoms. The van der Waals surface area contributed by atoms with E-state index in [0.29, 0.717) is 56.1 Å². The molecule has 274 valence electrons. The van der Waals surface area contributed by atoms with E-state index < -0.39 is 7.14 Å². The molecule has 16 heteroatoms. The largest absolute Gasteiger partial charge is 0.494 e. The molecule has 14 nitrogen and oxygen atoms in total. The number of hydrogen-bond donors (Lipinski definition) is 2. The molecule has 2 aromatic carbocycles. The standard InChI is InChI=1S/C36H44BrN10O4P/c1-45-23-24(21-41-45)25-19-29(31(50-2)20-30(25)47-17-15-46(16-18-47)14-8-6-7-9-32(48)51-3)43-36-40-22-26(37)35(44-36)42-28-11-10-27-33(39-13-12-38-27)34(28)52(4,5)49/h10-13,19-23H,6-9,14-18H2,1-5H3,(H2,40,42,43,44). The number of carbonyl (C=O) groups excluding carboxylic acids is 1. The highest BCUT2D eigenvalue weighted by molar-refractivity contribution is 9.10. The van der Waals surface area contributed by atoms with Crippen molar-refractivity contribution in [3.63, 3.8) is 0 Å². The van der Waals surface area contributed by atoms with Crippen LogP contribution in [0.1, 0.15) is 25.7 Å². The van der Waals surface area contributed by atoms with Crippen molar-refractivity contribution in [1.29, 1.82) is 0 Å². The van der Waals surface area contributed by atoms with E-state index in [0.717, 1.165) is 68.8 Å². The number of carbonyl (C=O) groups is 1. The Morgan fingerprint density at radius 2 is 1.75 bits per heavy atom. The Balaban J connectivity index is 1.24. The predicted octanol–water partition coefficient (Wildman–Crippen LogP) is 6.18. The van der Waals surface area contributed by atoms with E-state index in [1.807, 2.05) is 31.6 Å². The number of nitrogens with zero attached hydrogens (tertiary/aromatic N) is 8. The van der Waals surface area contributed by atoms with E-state index in [2.05, 4.69) is 68.5 Å². The summed E-state index contributed by atoms with van der Waals surface area (Å²) in [5, 5.41) is 11.8. The van der Waals surface area contributed by atoms with Gasteiger partial charge in [0.15, 0.2) is 0 Å². The maximum absolute atomic E-state index is 13.5. The lowest BCUT2D eigenvalue weighted by Gasteiger charge is -2.37. The molecule has 0 aliphatic carbocycles. The molecule has 2 N–H and O–H groups in total. The maximum atomic E-state index is 13.5. The highest BCUT2D eigenvalue weighted by atomic mass is 79.9. The lowest BCUT2D eigenvalue weighted by molar-refractivity contribution is -0.140. The van der Waals surface area contributed by atoms with Gasteiger partial charge in [0.25, 0.3) is 0 Å². The minimum atomic E-state index is -2.78. The van der Waals surface area contributed by atoms with Crippen molar-refractivity contribution >= 4 is 74.2 Å². The summed E-state index contributed by atoms with van der Waals surface area (Å²) in [6, 6.07) is 7.82. The Labute approximate surface area is 311 Å². The second-order valence-corrected chi connectivity index (χ2v) is 17.1. The number of aromatic nitrogens is 6. The molecule has 4 heterocycles. The first-order valence-electron chi connectivity index (χ1n) is 17.1. The molecule has 1 saturated heterocycles. The molecule has 52 heavy (non-hydrogen) atoms. The molecule has 0 saturated carbocycles. The number of anilines is 5. The maximum Gasteiger partial charge on any atom is 0.305 e. The second kappa shape index (κ2) is 16.4. The van der Waals surface area contributed by atoms with Crippen LogP contribution in [0.4, 0.5) is 28.8 Å².